The number of ether oxygens (including phenoxy) is 2. The van der Waals surface area contributed by atoms with Crippen molar-refractivity contribution in [3.63, 3.8) is 0 Å². The van der Waals surface area contributed by atoms with E-state index in [0.29, 0.717) is 19.3 Å². The van der Waals surface area contributed by atoms with Crippen molar-refractivity contribution in [1.82, 2.24) is 10.6 Å². The number of nitrogens with zero attached hydrogens (tertiary/aromatic N) is 1. The number of nitrogens with one attached hydrogen (secondary N) is 2. The Morgan fingerprint density at radius 1 is 0.938 bits per heavy atom. The molecule has 1 aliphatic carbocycles. The topological polar surface area (TPSA) is 75.1 Å². The van der Waals surface area contributed by atoms with Crippen LogP contribution in [0.4, 0.5) is 0 Å². The van der Waals surface area contributed by atoms with Gasteiger partial charge in [0.15, 0.2) is 5.96 Å². The number of guanidine groups is 1. The second-order valence-electron chi connectivity index (χ2n) is 8.21. The van der Waals surface area contributed by atoms with E-state index in [1.807, 2.05) is 42.5 Å². The third-order valence-corrected chi connectivity index (χ3v) is 5.54. The molecule has 0 unspecified atom stereocenters. The van der Waals surface area contributed by atoms with Crippen LogP contribution in [-0.4, -0.2) is 42.9 Å². The third kappa shape index (κ3) is 8.79. The summed E-state index contributed by atoms with van der Waals surface area (Å²) in [5.74, 6) is 2.57. The number of unbranched alkanes of at least 4 members (excludes halogenated alkanes) is 1. The van der Waals surface area contributed by atoms with Crippen LogP contribution >= 0.6 is 0 Å². The van der Waals surface area contributed by atoms with Gasteiger partial charge in [0.25, 0.3) is 0 Å². The Bertz CT molecular complexity index is 788. The van der Waals surface area contributed by atoms with Gasteiger partial charge in [-0.15, -0.1) is 0 Å². The van der Waals surface area contributed by atoms with Gasteiger partial charge in [0.1, 0.15) is 18.1 Å². The highest BCUT2D eigenvalue weighted by Gasteiger charge is 2.19. The van der Waals surface area contributed by atoms with Crippen LogP contribution in [0.15, 0.2) is 59.6 Å². The summed E-state index contributed by atoms with van der Waals surface area (Å²) in [6, 6.07) is 18.3. The van der Waals surface area contributed by atoms with Crippen LogP contribution < -0.4 is 20.1 Å². The van der Waals surface area contributed by atoms with Crippen LogP contribution in [0, 0.1) is 0 Å². The molecule has 6 nitrogen and oxygen atoms in total. The molecule has 0 bridgehead atoms. The van der Waals surface area contributed by atoms with E-state index in [1.165, 1.54) is 0 Å². The Morgan fingerprint density at radius 3 is 2.31 bits per heavy atom. The second-order valence-corrected chi connectivity index (χ2v) is 8.21. The Hall–Kier alpha value is -2.73. The molecule has 3 rings (SSSR count). The molecule has 2 aromatic carbocycles. The first-order valence-electron chi connectivity index (χ1n) is 11.9. The summed E-state index contributed by atoms with van der Waals surface area (Å²) >= 11 is 0. The highest BCUT2D eigenvalue weighted by atomic mass is 16.5. The molecular weight excluding hydrogens is 402 g/mol. The van der Waals surface area contributed by atoms with Gasteiger partial charge in [-0.3, -0.25) is 4.99 Å². The lowest BCUT2D eigenvalue weighted by Gasteiger charge is -2.27. The molecular formula is C26H37N3O3. The van der Waals surface area contributed by atoms with Gasteiger partial charge in [-0.2, -0.15) is 0 Å². The maximum Gasteiger partial charge on any atom is 0.191 e. The first-order chi connectivity index (χ1) is 15.7. The molecule has 1 aliphatic rings. The SMILES string of the molecule is CCNC(=NCCCCOc1ccc(OCc2ccccc2)cc1)NC1CCC(O)CC1. The number of hydrogen-bond donors (Lipinski definition) is 3. The maximum atomic E-state index is 9.66. The van der Waals surface area contributed by atoms with Gasteiger partial charge in [0.2, 0.25) is 0 Å². The smallest absolute Gasteiger partial charge is 0.191 e. The van der Waals surface area contributed by atoms with Crippen molar-refractivity contribution in [2.24, 2.45) is 4.99 Å². The third-order valence-electron chi connectivity index (χ3n) is 5.54. The van der Waals surface area contributed by atoms with E-state index >= 15 is 0 Å². The molecule has 0 amide bonds. The first-order valence-corrected chi connectivity index (χ1v) is 11.9. The standard InChI is InChI=1S/C26H37N3O3/c1-2-27-26(29-22-10-12-23(30)13-11-22)28-18-6-7-19-31-24-14-16-25(17-15-24)32-20-21-8-4-3-5-9-21/h3-5,8-9,14-17,22-23,30H,2,6-7,10-13,18-20H2,1H3,(H2,27,28,29). The molecule has 32 heavy (non-hydrogen) atoms. The summed E-state index contributed by atoms with van der Waals surface area (Å²) in [5.41, 5.74) is 1.15. The minimum Gasteiger partial charge on any atom is -0.494 e. The zero-order valence-electron chi connectivity index (χ0n) is 19.1. The van der Waals surface area contributed by atoms with E-state index in [2.05, 4.69) is 34.7 Å². The minimum atomic E-state index is -0.134. The minimum absolute atomic E-state index is 0.134. The zero-order valence-corrected chi connectivity index (χ0v) is 19.1. The van der Waals surface area contributed by atoms with E-state index in [9.17, 15) is 5.11 Å². The average Bonchev–Trinajstić information content (AvgIpc) is 2.83. The quantitative estimate of drug-likeness (QED) is 0.277. The van der Waals surface area contributed by atoms with Gasteiger partial charge in [-0.1, -0.05) is 30.3 Å². The Balaban J connectivity index is 1.31. The summed E-state index contributed by atoms with van der Waals surface area (Å²) in [7, 11) is 0. The number of benzene rings is 2. The number of hydrogen-bond acceptors (Lipinski definition) is 4. The van der Waals surface area contributed by atoms with Gasteiger partial charge in [-0.25, -0.2) is 0 Å². The van der Waals surface area contributed by atoms with E-state index in [0.717, 1.165) is 74.6 Å². The molecule has 1 fully saturated rings. The molecule has 6 heteroatoms. The molecule has 3 N–H and O–H groups in total. The van der Waals surface area contributed by atoms with Crippen molar-refractivity contribution in [2.45, 2.75) is 64.2 Å². The molecule has 2 aromatic rings. The monoisotopic (exact) mass is 439 g/mol. The average molecular weight is 440 g/mol. The molecule has 174 valence electrons. The predicted molar refractivity (Wildman–Crippen MR) is 129 cm³/mol. The number of aliphatic imine (C=N–C) groups is 1. The molecule has 0 heterocycles. The Labute approximate surface area is 192 Å². The Kier molecular flexibility index (Phi) is 10.2. The largest absolute Gasteiger partial charge is 0.494 e. The number of rotatable bonds is 11. The Morgan fingerprint density at radius 2 is 1.62 bits per heavy atom. The van der Waals surface area contributed by atoms with Crippen LogP contribution in [0.1, 0.15) is 51.0 Å². The van der Waals surface area contributed by atoms with E-state index < -0.39 is 0 Å². The highest BCUT2D eigenvalue weighted by molar-refractivity contribution is 5.80. The number of aliphatic hydroxyl groups is 1. The van der Waals surface area contributed by atoms with Crippen molar-refractivity contribution < 1.29 is 14.6 Å². The van der Waals surface area contributed by atoms with Gasteiger partial charge in [0, 0.05) is 19.1 Å². The molecule has 0 saturated heterocycles. The van der Waals surface area contributed by atoms with Crippen LogP contribution in [-0.2, 0) is 6.61 Å². The van der Waals surface area contributed by atoms with Crippen molar-refractivity contribution in [3.8, 4) is 11.5 Å². The molecule has 0 aromatic heterocycles. The van der Waals surface area contributed by atoms with Crippen molar-refractivity contribution in [2.75, 3.05) is 19.7 Å². The lowest BCUT2D eigenvalue weighted by Crippen LogP contribution is -2.45. The van der Waals surface area contributed by atoms with Crippen LogP contribution in [0.25, 0.3) is 0 Å². The van der Waals surface area contributed by atoms with E-state index in [-0.39, 0.29) is 6.10 Å². The molecule has 0 radical (unpaired) electrons. The van der Waals surface area contributed by atoms with Gasteiger partial charge >= 0.3 is 0 Å². The lowest BCUT2D eigenvalue weighted by molar-refractivity contribution is 0.120. The van der Waals surface area contributed by atoms with Crippen molar-refractivity contribution in [1.29, 1.82) is 0 Å². The van der Waals surface area contributed by atoms with Gasteiger partial charge in [-0.05, 0) is 75.3 Å². The van der Waals surface area contributed by atoms with Gasteiger partial charge < -0.3 is 25.2 Å². The second kappa shape index (κ2) is 13.6. The van der Waals surface area contributed by atoms with Crippen LogP contribution in [0.2, 0.25) is 0 Å². The van der Waals surface area contributed by atoms with E-state index in [4.69, 9.17) is 9.47 Å². The van der Waals surface area contributed by atoms with Crippen LogP contribution in [0.3, 0.4) is 0 Å². The first kappa shape index (κ1) is 23.9. The summed E-state index contributed by atoms with van der Waals surface area (Å²) in [4.78, 5) is 4.69. The fourth-order valence-corrected chi connectivity index (χ4v) is 3.70. The summed E-state index contributed by atoms with van der Waals surface area (Å²) in [6.45, 7) is 4.92. The normalized spacial score (nSPS) is 18.8. The molecule has 0 aliphatic heterocycles. The predicted octanol–water partition coefficient (Wildman–Crippen LogP) is 4.28. The summed E-state index contributed by atoms with van der Waals surface area (Å²) < 4.78 is 11.7. The van der Waals surface area contributed by atoms with Crippen molar-refractivity contribution in [3.05, 3.63) is 60.2 Å². The van der Waals surface area contributed by atoms with Crippen LogP contribution in [0.5, 0.6) is 11.5 Å². The lowest BCUT2D eigenvalue weighted by atomic mass is 9.93. The molecule has 0 spiro atoms. The van der Waals surface area contributed by atoms with E-state index in [1.54, 1.807) is 0 Å². The van der Waals surface area contributed by atoms with Crippen molar-refractivity contribution >= 4 is 5.96 Å². The summed E-state index contributed by atoms with van der Waals surface area (Å²) in [5, 5.41) is 16.5. The fraction of sp³-hybridized carbons (Fsp3) is 0.500. The fourth-order valence-electron chi connectivity index (χ4n) is 3.70. The zero-order chi connectivity index (χ0) is 22.4. The highest BCUT2D eigenvalue weighted by Crippen LogP contribution is 2.19. The maximum absolute atomic E-state index is 9.66. The molecule has 1 saturated carbocycles. The number of aliphatic hydroxyl groups excluding tert-OH is 1. The summed E-state index contributed by atoms with van der Waals surface area (Å²) in [6.07, 6.45) is 5.52. The molecule has 0 atom stereocenters. The van der Waals surface area contributed by atoms with Gasteiger partial charge in [0.05, 0.1) is 12.7 Å².